The van der Waals surface area contributed by atoms with Gasteiger partial charge in [-0.15, -0.1) is 0 Å². The van der Waals surface area contributed by atoms with Crippen molar-refractivity contribution in [3.8, 4) is 5.75 Å². The maximum Gasteiger partial charge on any atom is 0.330 e. The van der Waals surface area contributed by atoms with Gasteiger partial charge in [-0.25, -0.2) is 4.79 Å². The van der Waals surface area contributed by atoms with Crippen molar-refractivity contribution in [3.63, 3.8) is 0 Å². The quantitative estimate of drug-likeness (QED) is 0.0764. The summed E-state index contributed by atoms with van der Waals surface area (Å²) < 4.78 is 38.9. The molecule has 0 radical (unpaired) electrons. The summed E-state index contributed by atoms with van der Waals surface area (Å²) >= 11 is 0. The van der Waals surface area contributed by atoms with Gasteiger partial charge in [0.15, 0.2) is 0 Å². The van der Waals surface area contributed by atoms with Gasteiger partial charge in [0.25, 0.3) is 0 Å². The van der Waals surface area contributed by atoms with E-state index in [1.165, 1.54) is 13.2 Å². The van der Waals surface area contributed by atoms with Crippen LogP contribution >= 0.6 is 0 Å². The number of esters is 1. The van der Waals surface area contributed by atoms with Gasteiger partial charge in [0.05, 0.1) is 46.2 Å². The van der Waals surface area contributed by atoms with Gasteiger partial charge in [-0.2, -0.15) is 0 Å². The van der Waals surface area contributed by atoms with Gasteiger partial charge in [0.2, 0.25) is 0 Å². The molecule has 0 spiro atoms. The van der Waals surface area contributed by atoms with Crippen LogP contribution in [-0.2, 0) is 59.6 Å². The van der Waals surface area contributed by atoms with Gasteiger partial charge in [-0.1, -0.05) is 133 Å². The second-order valence-electron chi connectivity index (χ2n) is 12.9. The van der Waals surface area contributed by atoms with Crippen LogP contribution in [0.1, 0.15) is 34.2 Å². The minimum atomic E-state index is -0.636. The molecule has 0 aliphatic carbocycles. The first-order valence-corrected chi connectivity index (χ1v) is 17.9. The molecule has 0 unspecified atom stereocenters. The maximum atomic E-state index is 12.7. The van der Waals surface area contributed by atoms with Gasteiger partial charge in [-0.05, 0) is 45.5 Å². The van der Waals surface area contributed by atoms with Gasteiger partial charge in [0.1, 0.15) is 30.2 Å². The summed E-state index contributed by atoms with van der Waals surface area (Å²) in [5.74, 6) is -0.387. The molecule has 1 fully saturated rings. The van der Waals surface area contributed by atoms with E-state index in [0.717, 1.165) is 27.8 Å². The number of carbonyl (C=O) groups excluding carboxylic acids is 1. The zero-order valence-corrected chi connectivity index (χ0v) is 29.9. The van der Waals surface area contributed by atoms with E-state index in [9.17, 15) is 9.90 Å². The highest BCUT2D eigenvalue weighted by molar-refractivity contribution is 5.91. The molecule has 5 atom stereocenters. The summed E-state index contributed by atoms with van der Waals surface area (Å²) in [6.45, 7) is 1.55. The molecule has 5 aromatic rings. The molecule has 6 rings (SSSR count). The number of ether oxygens (including phenoxy) is 6. The molecular formula is C45H46O8. The van der Waals surface area contributed by atoms with Crippen molar-refractivity contribution >= 4 is 11.5 Å². The number of methoxy groups -OCH3 is 1. The number of carbonyl (C=O) groups is 1. The minimum absolute atomic E-state index is 0.118. The summed E-state index contributed by atoms with van der Waals surface area (Å²) in [7, 11) is 1.35. The Bertz CT molecular complexity index is 1830. The lowest BCUT2D eigenvalue weighted by Crippen LogP contribution is -2.61. The van der Waals surface area contributed by atoms with E-state index in [1.807, 2.05) is 121 Å². The average Bonchev–Trinajstić information content (AvgIpc) is 3.20. The van der Waals surface area contributed by atoms with Crippen LogP contribution in [-0.4, -0.2) is 55.3 Å². The molecule has 5 aromatic carbocycles. The molecule has 1 aliphatic heterocycles. The number of aromatic hydroxyl groups is 1. The van der Waals surface area contributed by atoms with Crippen LogP contribution in [0.4, 0.5) is 0 Å². The van der Waals surface area contributed by atoms with Crippen LogP contribution in [0.25, 0.3) is 5.57 Å². The minimum Gasteiger partial charge on any atom is -0.508 e. The van der Waals surface area contributed by atoms with E-state index in [1.54, 1.807) is 24.3 Å². The highest BCUT2D eigenvalue weighted by atomic mass is 16.6. The van der Waals surface area contributed by atoms with Crippen LogP contribution in [0.15, 0.2) is 152 Å². The Kier molecular flexibility index (Phi) is 14.0. The largest absolute Gasteiger partial charge is 0.508 e. The van der Waals surface area contributed by atoms with E-state index in [0.29, 0.717) is 32.0 Å². The molecule has 53 heavy (non-hydrogen) atoms. The van der Waals surface area contributed by atoms with Crippen molar-refractivity contribution in [1.29, 1.82) is 0 Å². The zero-order chi connectivity index (χ0) is 36.7. The molecule has 0 saturated carbocycles. The third kappa shape index (κ3) is 11.2. The third-order valence-electron chi connectivity index (χ3n) is 9.13. The average molecular weight is 715 g/mol. The lowest BCUT2D eigenvalue weighted by atomic mass is 9.88. The van der Waals surface area contributed by atoms with E-state index < -0.39 is 36.5 Å². The molecule has 274 valence electrons. The van der Waals surface area contributed by atoms with Gasteiger partial charge < -0.3 is 33.5 Å². The number of benzene rings is 5. The molecule has 1 saturated heterocycles. The highest BCUT2D eigenvalue weighted by Crippen LogP contribution is 2.36. The number of phenolic OH excluding ortho intramolecular Hbond substituents is 1. The molecule has 8 nitrogen and oxygen atoms in total. The lowest BCUT2D eigenvalue weighted by molar-refractivity contribution is -0.271. The Labute approximate surface area is 311 Å². The summed E-state index contributed by atoms with van der Waals surface area (Å²) in [5.41, 5.74) is 5.44. The topological polar surface area (TPSA) is 92.7 Å². The van der Waals surface area contributed by atoms with Gasteiger partial charge in [-0.3, -0.25) is 0 Å². The van der Waals surface area contributed by atoms with Gasteiger partial charge >= 0.3 is 5.97 Å². The van der Waals surface area contributed by atoms with Crippen LogP contribution in [0, 0.1) is 0 Å². The van der Waals surface area contributed by atoms with Crippen molar-refractivity contribution in [2.45, 2.75) is 63.4 Å². The molecule has 0 aromatic heterocycles. The fourth-order valence-corrected chi connectivity index (χ4v) is 6.40. The van der Waals surface area contributed by atoms with Crippen molar-refractivity contribution in [3.05, 3.63) is 179 Å². The fourth-order valence-electron chi connectivity index (χ4n) is 6.40. The number of rotatable bonds is 17. The van der Waals surface area contributed by atoms with Crippen LogP contribution in [0.2, 0.25) is 0 Å². The Morgan fingerprint density at radius 3 is 1.49 bits per heavy atom. The summed E-state index contributed by atoms with van der Waals surface area (Å²) in [6.07, 6.45) is -1.27. The third-order valence-corrected chi connectivity index (χ3v) is 9.13. The standard InChI is InChI=1S/C45H46O8/c1-48-42(47)27-38(37-22-24-39(46)25-23-37)26-40-43(50-29-34-16-8-3-9-17-34)45(52-31-36-20-12-5-13-21-36)44(51-30-35-18-10-4-11-19-35)41(53-40)32-49-28-33-14-6-2-7-15-33/h2-25,27,40-41,43-46H,26,28-32H2,1H3/b38-27+/t40-,41-,43-,44-,45-/m1/s1. The fraction of sp³-hybridized carbons (Fsp3) is 0.267. The first-order valence-electron chi connectivity index (χ1n) is 17.9. The lowest BCUT2D eigenvalue weighted by Gasteiger charge is -2.46. The summed E-state index contributed by atoms with van der Waals surface area (Å²) in [4.78, 5) is 12.7. The van der Waals surface area contributed by atoms with Crippen LogP contribution < -0.4 is 0 Å². The van der Waals surface area contributed by atoms with Crippen LogP contribution in [0.3, 0.4) is 0 Å². The molecule has 0 amide bonds. The molecular weight excluding hydrogens is 668 g/mol. The number of hydrogen-bond acceptors (Lipinski definition) is 8. The Morgan fingerprint density at radius 1 is 0.585 bits per heavy atom. The zero-order valence-electron chi connectivity index (χ0n) is 29.9. The number of hydrogen-bond donors (Lipinski definition) is 1. The maximum absolute atomic E-state index is 12.7. The monoisotopic (exact) mass is 714 g/mol. The molecule has 0 bridgehead atoms. The predicted octanol–water partition coefficient (Wildman–Crippen LogP) is 8.08. The molecule has 8 heteroatoms. The molecule has 1 N–H and O–H groups in total. The Balaban J connectivity index is 1.38. The number of phenols is 1. The Hall–Kier alpha value is -5.09. The Morgan fingerprint density at radius 2 is 1.02 bits per heavy atom. The first-order chi connectivity index (χ1) is 26.1. The van der Waals surface area contributed by atoms with Gasteiger partial charge in [0, 0.05) is 12.5 Å². The van der Waals surface area contributed by atoms with Crippen molar-refractivity contribution in [1.82, 2.24) is 0 Å². The van der Waals surface area contributed by atoms with E-state index in [4.69, 9.17) is 28.4 Å². The van der Waals surface area contributed by atoms with Crippen LogP contribution in [0.5, 0.6) is 5.75 Å². The normalized spacial score (nSPS) is 20.2. The highest BCUT2D eigenvalue weighted by Gasteiger charge is 2.48. The predicted molar refractivity (Wildman–Crippen MR) is 203 cm³/mol. The first kappa shape index (κ1) is 37.7. The van der Waals surface area contributed by atoms with E-state index in [-0.39, 0.29) is 18.8 Å². The van der Waals surface area contributed by atoms with Crippen molar-refractivity contribution < 1.29 is 38.3 Å². The van der Waals surface area contributed by atoms with E-state index >= 15 is 0 Å². The van der Waals surface area contributed by atoms with E-state index in [2.05, 4.69) is 0 Å². The summed E-state index contributed by atoms with van der Waals surface area (Å²) in [5, 5.41) is 10.1. The second kappa shape index (κ2) is 19.7. The van der Waals surface area contributed by atoms with Crippen molar-refractivity contribution in [2.75, 3.05) is 13.7 Å². The SMILES string of the molecule is COC(=O)/C=C(\C[C@H]1O[C@H](COCc2ccccc2)[C@@H](OCc2ccccc2)[C@H](OCc2ccccc2)[C@@H]1OCc1ccccc1)c1ccc(O)cc1. The smallest absolute Gasteiger partial charge is 0.330 e. The summed E-state index contributed by atoms with van der Waals surface area (Å²) in [6, 6.07) is 46.7. The second-order valence-corrected chi connectivity index (χ2v) is 12.9. The molecule has 1 aliphatic rings. The van der Waals surface area contributed by atoms with Crippen molar-refractivity contribution in [2.24, 2.45) is 0 Å². The molecule has 1 heterocycles.